The van der Waals surface area contributed by atoms with Gasteiger partial charge in [0.05, 0.1) is 12.3 Å². The summed E-state index contributed by atoms with van der Waals surface area (Å²) in [5.41, 5.74) is 0. The molecule has 2 aromatic heterocycles. The quantitative estimate of drug-likeness (QED) is 0.819. The van der Waals surface area contributed by atoms with Crippen molar-refractivity contribution in [3.8, 4) is 0 Å². The van der Waals surface area contributed by atoms with Crippen LogP contribution in [0.4, 0.5) is 0 Å². The predicted octanol–water partition coefficient (Wildman–Crippen LogP) is 1.91. The van der Waals surface area contributed by atoms with E-state index in [1.165, 1.54) is 18.3 Å². The van der Waals surface area contributed by atoms with Gasteiger partial charge in [-0.25, -0.2) is 18.1 Å². The van der Waals surface area contributed by atoms with Gasteiger partial charge in [-0.1, -0.05) is 11.6 Å². The highest BCUT2D eigenvalue weighted by molar-refractivity contribution is 7.89. The highest BCUT2D eigenvalue weighted by Crippen LogP contribution is 2.19. The summed E-state index contributed by atoms with van der Waals surface area (Å²) >= 11 is 5.65. The van der Waals surface area contributed by atoms with Gasteiger partial charge in [0.1, 0.15) is 15.8 Å². The lowest BCUT2D eigenvalue weighted by molar-refractivity contribution is 0.259. The normalized spacial score (nSPS) is 13.5. The number of nitrogens with one attached hydrogen (secondary N) is 1. The van der Waals surface area contributed by atoms with Gasteiger partial charge in [0.25, 0.3) is 0 Å². The first-order chi connectivity index (χ1) is 9.90. The number of halogens is 1. The molecule has 0 saturated heterocycles. The van der Waals surface area contributed by atoms with Gasteiger partial charge in [0.2, 0.25) is 10.0 Å². The third kappa shape index (κ3) is 4.04. The van der Waals surface area contributed by atoms with E-state index in [9.17, 15) is 8.42 Å². The van der Waals surface area contributed by atoms with Gasteiger partial charge in [0, 0.05) is 12.7 Å². The van der Waals surface area contributed by atoms with Crippen LogP contribution in [0.25, 0.3) is 0 Å². The van der Waals surface area contributed by atoms with Crippen molar-refractivity contribution in [3.63, 3.8) is 0 Å². The second-order valence-electron chi connectivity index (χ2n) is 4.66. The maximum absolute atomic E-state index is 12.2. The first-order valence-electron chi connectivity index (χ1n) is 6.21. The number of hydrogen-bond acceptors (Lipinski definition) is 5. The molecular weight excluding hydrogens is 314 g/mol. The average molecular weight is 330 g/mol. The van der Waals surface area contributed by atoms with E-state index in [0.717, 1.165) is 0 Å². The van der Waals surface area contributed by atoms with Crippen LogP contribution in [0.2, 0.25) is 5.15 Å². The Balaban J connectivity index is 2.11. The summed E-state index contributed by atoms with van der Waals surface area (Å²) in [4.78, 5) is 5.72. The number of furan rings is 1. The molecule has 2 rings (SSSR count). The van der Waals surface area contributed by atoms with Crippen LogP contribution >= 0.6 is 11.6 Å². The van der Waals surface area contributed by atoms with Crippen LogP contribution in [-0.2, 0) is 10.0 Å². The van der Waals surface area contributed by atoms with E-state index < -0.39 is 10.0 Å². The van der Waals surface area contributed by atoms with Crippen LogP contribution in [0.15, 0.2) is 46.0 Å². The summed E-state index contributed by atoms with van der Waals surface area (Å²) in [5.74, 6) is 0.692. The van der Waals surface area contributed by atoms with E-state index in [4.69, 9.17) is 16.0 Å². The second-order valence-corrected chi connectivity index (χ2v) is 6.82. The maximum Gasteiger partial charge on any atom is 0.242 e. The van der Waals surface area contributed by atoms with E-state index in [-0.39, 0.29) is 22.6 Å². The predicted molar refractivity (Wildman–Crippen MR) is 79.6 cm³/mol. The maximum atomic E-state index is 12.2. The molecule has 1 atom stereocenters. The fraction of sp³-hybridized carbons (Fsp3) is 0.308. The van der Waals surface area contributed by atoms with Crippen molar-refractivity contribution in [1.82, 2.24) is 14.6 Å². The van der Waals surface area contributed by atoms with Gasteiger partial charge in [-0.2, -0.15) is 0 Å². The molecule has 0 aromatic carbocycles. The van der Waals surface area contributed by atoms with E-state index in [0.29, 0.717) is 5.76 Å². The van der Waals surface area contributed by atoms with Gasteiger partial charge >= 0.3 is 0 Å². The van der Waals surface area contributed by atoms with E-state index in [1.807, 2.05) is 25.1 Å². The lowest BCUT2D eigenvalue weighted by Gasteiger charge is -2.22. The lowest BCUT2D eigenvalue weighted by Crippen LogP contribution is -2.34. The van der Waals surface area contributed by atoms with Gasteiger partial charge in [-0.05, 0) is 38.4 Å². The molecule has 21 heavy (non-hydrogen) atoms. The molecule has 2 aromatic rings. The topological polar surface area (TPSA) is 75.4 Å². The van der Waals surface area contributed by atoms with Crippen LogP contribution in [-0.4, -0.2) is 38.9 Å². The molecule has 1 unspecified atom stereocenters. The zero-order valence-electron chi connectivity index (χ0n) is 11.7. The third-order valence-electron chi connectivity index (χ3n) is 2.97. The summed E-state index contributed by atoms with van der Waals surface area (Å²) in [5, 5.41) is 0.246. The Hall–Kier alpha value is -1.41. The zero-order valence-corrected chi connectivity index (χ0v) is 13.2. The number of sulfonamides is 1. The van der Waals surface area contributed by atoms with Crippen molar-refractivity contribution in [2.45, 2.75) is 10.9 Å². The summed E-state index contributed by atoms with van der Waals surface area (Å²) in [6.45, 7) is 0.186. The first-order valence-corrected chi connectivity index (χ1v) is 8.07. The Morgan fingerprint density at radius 1 is 1.38 bits per heavy atom. The molecule has 0 spiro atoms. The zero-order chi connectivity index (χ0) is 15.5. The van der Waals surface area contributed by atoms with Crippen LogP contribution < -0.4 is 4.72 Å². The SMILES string of the molecule is CN(C)C(CNS(=O)(=O)c1ccc(Cl)nc1)c1ccco1. The number of aromatic nitrogens is 1. The van der Waals surface area contributed by atoms with Gasteiger partial charge in [0.15, 0.2) is 0 Å². The molecule has 0 fully saturated rings. The summed E-state index contributed by atoms with van der Waals surface area (Å²) in [7, 11) is 0.0689. The van der Waals surface area contributed by atoms with Crippen LogP contribution in [0.1, 0.15) is 11.8 Å². The Morgan fingerprint density at radius 2 is 2.14 bits per heavy atom. The minimum absolute atomic E-state index is 0.0730. The third-order valence-corrected chi connectivity index (χ3v) is 4.60. The number of pyridine rings is 1. The summed E-state index contributed by atoms with van der Waals surface area (Å²) < 4.78 is 32.3. The van der Waals surface area contributed by atoms with Gasteiger partial charge < -0.3 is 4.42 Å². The molecule has 0 saturated carbocycles. The smallest absolute Gasteiger partial charge is 0.242 e. The number of nitrogens with zero attached hydrogens (tertiary/aromatic N) is 2. The Morgan fingerprint density at radius 3 is 2.67 bits per heavy atom. The molecule has 6 nitrogen and oxygen atoms in total. The van der Waals surface area contributed by atoms with Crippen molar-refractivity contribution in [2.24, 2.45) is 0 Å². The van der Waals surface area contributed by atoms with Crippen molar-refractivity contribution in [1.29, 1.82) is 0 Å². The highest BCUT2D eigenvalue weighted by Gasteiger charge is 2.21. The second kappa shape index (κ2) is 6.57. The van der Waals surface area contributed by atoms with Crippen molar-refractivity contribution in [2.75, 3.05) is 20.6 Å². The molecule has 0 radical (unpaired) electrons. The Labute approximate surface area is 128 Å². The highest BCUT2D eigenvalue weighted by atomic mass is 35.5. The van der Waals surface area contributed by atoms with Crippen molar-refractivity contribution in [3.05, 3.63) is 47.6 Å². The molecule has 0 aliphatic heterocycles. The number of likely N-dealkylation sites (N-methyl/N-ethyl adjacent to an activating group) is 1. The standard InChI is InChI=1S/C13H16ClN3O3S/c1-17(2)11(12-4-3-7-20-12)9-16-21(18,19)10-5-6-13(14)15-8-10/h3-8,11,16H,9H2,1-2H3. The first kappa shape index (κ1) is 16.0. The van der Waals surface area contributed by atoms with Crippen molar-refractivity contribution < 1.29 is 12.8 Å². The Bertz CT molecular complexity index is 669. The minimum Gasteiger partial charge on any atom is -0.468 e. The average Bonchev–Trinajstić information content (AvgIpc) is 2.93. The monoisotopic (exact) mass is 329 g/mol. The minimum atomic E-state index is -3.64. The van der Waals surface area contributed by atoms with Gasteiger partial charge in [-0.3, -0.25) is 4.90 Å². The molecule has 114 valence electrons. The van der Waals surface area contributed by atoms with Crippen LogP contribution in [0.5, 0.6) is 0 Å². The van der Waals surface area contributed by atoms with E-state index in [2.05, 4.69) is 9.71 Å². The molecule has 0 aliphatic rings. The molecule has 2 heterocycles. The fourth-order valence-corrected chi connectivity index (χ4v) is 2.91. The molecule has 1 N–H and O–H groups in total. The molecule has 0 amide bonds. The van der Waals surface area contributed by atoms with Gasteiger partial charge in [-0.15, -0.1) is 0 Å². The summed E-state index contributed by atoms with van der Waals surface area (Å²) in [6, 6.07) is 6.23. The van der Waals surface area contributed by atoms with Crippen molar-refractivity contribution >= 4 is 21.6 Å². The van der Waals surface area contributed by atoms with E-state index in [1.54, 1.807) is 12.3 Å². The van der Waals surface area contributed by atoms with Crippen LogP contribution in [0, 0.1) is 0 Å². The largest absolute Gasteiger partial charge is 0.468 e. The number of rotatable bonds is 6. The molecule has 0 bridgehead atoms. The van der Waals surface area contributed by atoms with Crippen LogP contribution in [0.3, 0.4) is 0 Å². The fourth-order valence-electron chi connectivity index (χ4n) is 1.81. The summed E-state index contributed by atoms with van der Waals surface area (Å²) in [6.07, 6.45) is 2.78. The molecular formula is C13H16ClN3O3S. The number of hydrogen-bond donors (Lipinski definition) is 1. The lowest BCUT2D eigenvalue weighted by atomic mass is 10.2. The Kier molecular flexibility index (Phi) is 5.00. The van der Waals surface area contributed by atoms with E-state index >= 15 is 0 Å². The molecule has 0 aliphatic carbocycles. The molecule has 8 heteroatoms.